The van der Waals surface area contributed by atoms with Crippen LogP contribution in [0.3, 0.4) is 0 Å². The van der Waals surface area contributed by atoms with Crippen molar-refractivity contribution < 1.29 is 13.2 Å². The highest BCUT2D eigenvalue weighted by Gasteiger charge is 1.93. The fraction of sp³-hybridized carbons (Fsp3) is 0. The van der Waals surface area contributed by atoms with E-state index >= 15 is 0 Å². The summed E-state index contributed by atoms with van der Waals surface area (Å²) in [5.74, 6) is 0. The van der Waals surface area contributed by atoms with Gasteiger partial charge in [0, 0.05) is 6.57 Å². The van der Waals surface area contributed by atoms with Crippen molar-refractivity contribution in [2.75, 3.05) is 0 Å². The molecule has 0 spiro atoms. The van der Waals surface area contributed by atoms with E-state index < -0.39 is 6.68 Å². The lowest BCUT2D eigenvalue weighted by Gasteiger charge is -1.60. The molecule has 0 aromatic carbocycles. The highest BCUT2D eigenvalue weighted by Crippen LogP contribution is 1.99. The molecule has 0 saturated carbocycles. The van der Waals surface area contributed by atoms with Crippen LogP contribution in [0.25, 0.3) is 0 Å². The van der Waals surface area contributed by atoms with Crippen LogP contribution in [0.4, 0.5) is 13.2 Å². The fourth-order valence-electron chi connectivity index (χ4n) is 0. The Morgan fingerprint density at radius 3 is 1.17 bits per heavy atom. The van der Waals surface area contributed by atoms with Crippen molar-refractivity contribution in [3.63, 3.8) is 0 Å². The zero-order chi connectivity index (χ0) is 5.58. The molecule has 0 aliphatic heterocycles. The van der Waals surface area contributed by atoms with Crippen molar-refractivity contribution >= 4 is 0 Å². The van der Waals surface area contributed by atoms with Gasteiger partial charge in [0.05, 0.1) is 0 Å². The van der Waals surface area contributed by atoms with Crippen molar-refractivity contribution in [2.24, 2.45) is 0 Å². The zero-order valence-corrected chi connectivity index (χ0v) is 2.66. The number of nitrogens with zero attached hydrogens (tertiary/aromatic N) is 1. The van der Waals surface area contributed by atoms with Crippen LogP contribution >= 0.6 is 0 Å². The summed E-state index contributed by atoms with van der Waals surface area (Å²) in [6.45, 7) is 0.417. The first kappa shape index (κ1) is 8.99. The standard InChI is InChI=1S/CF3.CHN/c2-1(3)4;1-2/h;1H. The average Bonchev–Trinajstić information content (AvgIpc) is 1.41. The molecule has 0 unspecified atom stereocenters. The maximum atomic E-state index is 9.58. The molecule has 1 radical (unpaired) electrons. The van der Waals surface area contributed by atoms with Gasteiger partial charge in [-0.2, -0.15) is 13.2 Å². The maximum absolute atomic E-state index is 9.58. The summed E-state index contributed by atoms with van der Waals surface area (Å²) in [7, 11) is 0. The molecule has 0 aromatic heterocycles. The summed E-state index contributed by atoms with van der Waals surface area (Å²) < 4.78 is 28.8. The second kappa shape index (κ2) is 8.86. The largest absolute Gasteiger partial charge is 0.487 e. The molecule has 6 heavy (non-hydrogen) atoms. The smallest absolute Gasteiger partial charge is 0.202 e. The molecule has 35 valence electrons. The molecule has 0 fully saturated rings. The number of rotatable bonds is 0. The van der Waals surface area contributed by atoms with Crippen LogP contribution in [0.1, 0.15) is 0 Å². The third-order valence-electron chi connectivity index (χ3n) is 0. The number of nitriles is 1. The van der Waals surface area contributed by atoms with Crippen LogP contribution in [-0.2, 0) is 0 Å². The highest BCUT2D eigenvalue weighted by atomic mass is 19.4. The maximum Gasteiger partial charge on any atom is 0.487 e. The van der Waals surface area contributed by atoms with Gasteiger partial charge >= 0.3 is 6.68 Å². The third kappa shape index (κ3) is 32.9. The second-order valence-corrected chi connectivity index (χ2v) is 0.214. The predicted molar refractivity (Wildman–Crippen MR) is 13.2 cm³/mol. The molecule has 0 aliphatic carbocycles. The molecule has 0 amide bonds. The van der Waals surface area contributed by atoms with Gasteiger partial charge in [-0.25, -0.2) is 5.26 Å². The van der Waals surface area contributed by atoms with Crippen LogP contribution in [0.2, 0.25) is 0 Å². The van der Waals surface area contributed by atoms with Gasteiger partial charge in [-0.1, -0.05) is 0 Å². The molecular weight excluding hydrogens is 95.0 g/mol. The van der Waals surface area contributed by atoms with E-state index in [-0.39, 0.29) is 0 Å². The lowest BCUT2D eigenvalue weighted by Crippen LogP contribution is -1.49. The molecule has 0 N–H and O–H groups in total. The van der Waals surface area contributed by atoms with Gasteiger partial charge in [-0.3, -0.25) is 0 Å². The van der Waals surface area contributed by atoms with Gasteiger partial charge in [-0.05, 0) is 0 Å². The quantitative estimate of drug-likeness (QED) is 0.448. The summed E-state index contributed by atoms with van der Waals surface area (Å²) in [5, 5.41) is 6.50. The van der Waals surface area contributed by atoms with Gasteiger partial charge in [-0.15, -0.1) is 0 Å². The molecule has 4 heteroatoms. The van der Waals surface area contributed by atoms with Crippen LogP contribution in [0.15, 0.2) is 0 Å². The first-order valence-corrected chi connectivity index (χ1v) is 0.825. The Kier molecular flexibility index (Phi) is 13.3. The molecule has 0 saturated heterocycles. The average molecular weight is 96.0 g/mol. The van der Waals surface area contributed by atoms with Crippen molar-refractivity contribution in [1.82, 2.24) is 0 Å². The zero-order valence-electron chi connectivity index (χ0n) is 2.66. The van der Waals surface area contributed by atoms with E-state index in [9.17, 15) is 13.2 Å². The molecule has 0 atom stereocenters. The van der Waals surface area contributed by atoms with E-state index in [4.69, 9.17) is 5.26 Å². The van der Waals surface area contributed by atoms with E-state index in [1.54, 1.807) is 0 Å². The monoisotopic (exact) mass is 96.0 g/mol. The molecular formula is C2HF3N. The molecule has 0 heterocycles. The van der Waals surface area contributed by atoms with Crippen molar-refractivity contribution in [1.29, 1.82) is 5.26 Å². The van der Waals surface area contributed by atoms with Crippen molar-refractivity contribution in [3.8, 4) is 6.57 Å². The predicted octanol–water partition coefficient (Wildman–Crippen LogP) is 1.48. The number of halogens is 3. The Hall–Kier alpha value is -0.720. The lowest BCUT2D eigenvalue weighted by molar-refractivity contribution is 0.142. The van der Waals surface area contributed by atoms with E-state index in [2.05, 4.69) is 6.57 Å². The summed E-state index contributed by atoms with van der Waals surface area (Å²) in [4.78, 5) is 0. The summed E-state index contributed by atoms with van der Waals surface area (Å²) in [6.07, 6.45) is 0. The van der Waals surface area contributed by atoms with Gasteiger partial charge in [0.1, 0.15) is 0 Å². The second-order valence-electron chi connectivity index (χ2n) is 0.214. The lowest BCUT2D eigenvalue weighted by atomic mass is 11.6. The van der Waals surface area contributed by atoms with Crippen LogP contribution in [0, 0.1) is 18.5 Å². The highest BCUT2D eigenvalue weighted by molar-refractivity contribution is 4.21. The first-order chi connectivity index (χ1) is 2.73. The normalized spacial score (nSPS) is 6.33. The molecule has 0 bridgehead atoms. The van der Waals surface area contributed by atoms with Gasteiger partial charge in [0.25, 0.3) is 0 Å². The van der Waals surface area contributed by atoms with E-state index in [0.29, 0.717) is 0 Å². The Labute approximate surface area is 33.0 Å². The van der Waals surface area contributed by atoms with Gasteiger partial charge < -0.3 is 0 Å². The Bertz CT molecular complexity index is 30.3. The summed E-state index contributed by atoms with van der Waals surface area (Å²) in [6, 6.07) is 0. The molecule has 0 aliphatic rings. The molecule has 0 aromatic rings. The fourth-order valence-corrected chi connectivity index (χ4v) is 0. The SMILES string of the molecule is C#N.F[C](F)F. The summed E-state index contributed by atoms with van der Waals surface area (Å²) >= 11 is 0. The molecule has 0 rings (SSSR count). The number of hydrogen-bond acceptors (Lipinski definition) is 1. The van der Waals surface area contributed by atoms with Crippen LogP contribution in [0.5, 0.6) is 0 Å². The van der Waals surface area contributed by atoms with Crippen molar-refractivity contribution in [3.05, 3.63) is 6.68 Å². The summed E-state index contributed by atoms with van der Waals surface area (Å²) in [5.41, 5.74) is 0. The number of hydrogen-bond donors (Lipinski definition) is 0. The minimum Gasteiger partial charge on any atom is -0.202 e. The van der Waals surface area contributed by atoms with Crippen LogP contribution < -0.4 is 0 Å². The van der Waals surface area contributed by atoms with E-state index in [0.717, 1.165) is 0 Å². The topological polar surface area (TPSA) is 23.8 Å². The van der Waals surface area contributed by atoms with E-state index in [1.165, 1.54) is 0 Å². The Balaban J connectivity index is 0. The Morgan fingerprint density at radius 1 is 1.17 bits per heavy atom. The van der Waals surface area contributed by atoms with Crippen molar-refractivity contribution in [2.45, 2.75) is 0 Å². The van der Waals surface area contributed by atoms with Gasteiger partial charge in [0.15, 0.2) is 0 Å². The Morgan fingerprint density at radius 2 is 1.17 bits per heavy atom. The van der Waals surface area contributed by atoms with Gasteiger partial charge in [0.2, 0.25) is 0 Å². The molecule has 1 nitrogen and oxygen atoms in total. The minimum absolute atomic E-state index is 3.08. The minimum atomic E-state index is -3.08. The van der Waals surface area contributed by atoms with E-state index in [1.807, 2.05) is 0 Å². The first-order valence-electron chi connectivity index (χ1n) is 0.825. The third-order valence-corrected chi connectivity index (χ3v) is 0. The van der Waals surface area contributed by atoms with Crippen LogP contribution in [-0.4, -0.2) is 0 Å².